The van der Waals surface area contributed by atoms with Crippen molar-refractivity contribution in [2.45, 2.75) is 12.0 Å². The van der Waals surface area contributed by atoms with Crippen molar-refractivity contribution in [1.29, 1.82) is 0 Å². The molecule has 2 heteroatoms. The van der Waals surface area contributed by atoms with Gasteiger partial charge in [0.2, 0.25) is 0 Å². The van der Waals surface area contributed by atoms with Crippen LogP contribution in [-0.4, -0.2) is 35.7 Å². The average Bonchev–Trinajstić information content (AvgIpc) is 2.03. The Morgan fingerprint density at radius 1 is 1.31 bits per heavy atom. The highest BCUT2D eigenvalue weighted by atomic mass is 16.3. The van der Waals surface area contributed by atoms with Crippen LogP contribution in [0.1, 0.15) is 5.56 Å². The first-order chi connectivity index (χ1) is 6.18. The van der Waals surface area contributed by atoms with Crippen molar-refractivity contribution >= 4 is 0 Å². The minimum absolute atomic E-state index is 0.476. The number of benzene rings is 1. The van der Waals surface area contributed by atoms with Gasteiger partial charge in [0.15, 0.2) is 0 Å². The highest BCUT2D eigenvalue weighted by Gasteiger charge is 2.38. The lowest BCUT2D eigenvalue weighted by molar-refractivity contribution is -0.0847. The Bertz CT molecular complexity index is 277. The maximum atomic E-state index is 9.99. The van der Waals surface area contributed by atoms with Crippen LogP contribution in [0.2, 0.25) is 0 Å². The van der Waals surface area contributed by atoms with E-state index in [1.807, 2.05) is 25.2 Å². The highest BCUT2D eigenvalue weighted by Crippen LogP contribution is 2.23. The SMILES string of the molecule is CN1CC(O)(Cc2ccccc2)C1. The molecule has 1 aromatic carbocycles. The van der Waals surface area contributed by atoms with Crippen LogP contribution in [0.25, 0.3) is 0 Å². The molecule has 1 aliphatic heterocycles. The molecule has 13 heavy (non-hydrogen) atoms. The Morgan fingerprint density at radius 3 is 2.46 bits per heavy atom. The predicted molar refractivity (Wildman–Crippen MR) is 52.6 cm³/mol. The van der Waals surface area contributed by atoms with E-state index in [1.54, 1.807) is 0 Å². The molecule has 0 aliphatic carbocycles. The smallest absolute Gasteiger partial charge is 0.0939 e. The Kier molecular flexibility index (Phi) is 2.10. The molecule has 70 valence electrons. The molecule has 0 spiro atoms. The standard InChI is InChI=1S/C11H15NO/c1-12-8-11(13,9-12)7-10-5-3-2-4-6-10/h2-6,13H,7-9H2,1H3. The van der Waals surface area contributed by atoms with E-state index in [0.717, 1.165) is 19.5 Å². The first kappa shape index (κ1) is 8.73. The molecule has 0 radical (unpaired) electrons. The van der Waals surface area contributed by atoms with Crippen molar-refractivity contribution in [2.75, 3.05) is 20.1 Å². The molecule has 1 heterocycles. The minimum Gasteiger partial charge on any atom is -0.387 e. The lowest BCUT2D eigenvalue weighted by Gasteiger charge is -2.44. The van der Waals surface area contributed by atoms with Crippen molar-refractivity contribution < 1.29 is 5.11 Å². The van der Waals surface area contributed by atoms with E-state index in [2.05, 4.69) is 17.0 Å². The molecular weight excluding hydrogens is 162 g/mol. The quantitative estimate of drug-likeness (QED) is 0.725. The first-order valence-corrected chi connectivity index (χ1v) is 4.63. The number of hydrogen-bond acceptors (Lipinski definition) is 2. The summed E-state index contributed by atoms with van der Waals surface area (Å²) in [5.41, 5.74) is 0.744. The van der Waals surface area contributed by atoms with Gasteiger partial charge in [-0.15, -0.1) is 0 Å². The Hall–Kier alpha value is -0.860. The van der Waals surface area contributed by atoms with Gasteiger partial charge >= 0.3 is 0 Å². The van der Waals surface area contributed by atoms with Crippen LogP contribution in [0.15, 0.2) is 30.3 Å². The fraction of sp³-hybridized carbons (Fsp3) is 0.455. The summed E-state index contributed by atoms with van der Waals surface area (Å²) < 4.78 is 0. The van der Waals surface area contributed by atoms with Gasteiger partial charge in [-0.2, -0.15) is 0 Å². The third kappa shape index (κ3) is 1.90. The number of likely N-dealkylation sites (tertiary alicyclic amines) is 1. The molecule has 2 nitrogen and oxygen atoms in total. The largest absolute Gasteiger partial charge is 0.387 e. The number of rotatable bonds is 2. The van der Waals surface area contributed by atoms with Gasteiger partial charge in [-0.3, -0.25) is 0 Å². The molecular formula is C11H15NO. The van der Waals surface area contributed by atoms with Crippen LogP contribution in [-0.2, 0) is 6.42 Å². The number of aliphatic hydroxyl groups is 1. The molecule has 0 saturated carbocycles. The molecule has 1 fully saturated rings. The maximum absolute atomic E-state index is 9.99. The molecule has 1 saturated heterocycles. The van der Waals surface area contributed by atoms with Crippen LogP contribution in [0.4, 0.5) is 0 Å². The molecule has 0 aromatic heterocycles. The normalized spacial score (nSPS) is 21.1. The number of likely N-dealkylation sites (N-methyl/N-ethyl adjacent to an activating group) is 1. The van der Waals surface area contributed by atoms with Crippen LogP contribution < -0.4 is 0 Å². The fourth-order valence-corrected chi connectivity index (χ4v) is 2.05. The van der Waals surface area contributed by atoms with Crippen LogP contribution >= 0.6 is 0 Å². The summed E-state index contributed by atoms with van der Waals surface area (Å²) in [6.07, 6.45) is 0.776. The van der Waals surface area contributed by atoms with E-state index in [1.165, 1.54) is 5.56 Å². The second-order valence-electron chi connectivity index (χ2n) is 4.06. The molecule has 0 amide bonds. The third-order valence-electron chi connectivity index (χ3n) is 2.50. The molecule has 0 bridgehead atoms. The summed E-state index contributed by atoms with van der Waals surface area (Å²) in [7, 11) is 2.03. The minimum atomic E-state index is -0.476. The topological polar surface area (TPSA) is 23.5 Å². The summed E-state index contributed by atoms with van der Waals surface area (Å²) in [6, 6.07) is 10.2. The number of nitrogens with zero attached hydrogens (tertiary/aromatic N) is 1. The first-order valence-electron chi connectivity index (χ1n) is 4.63. The van der Waals surface area contributed by atoms with Crippen molar-refractivity contribution in [3.05, 3.63) is 35.9 Å². The van der Waals surface area contributed by atoms with Gasteiger partial charge in [0, 0.05) is 19.5 Å². The van der Waals surface area contributed by atoms with E-state index in [4.69, 9.17) is 0 Å². The van der Waals surface area contributed by atoms with E-state index >= 15 is 0 Å². The van der Waals surface area contributed by atoms with E-state index in [-0.39, 0.29) is 0 Å². The van der Waals surface area contributed by atoms with Gasteiger partial charge in [-0.05, 0) is 12.6 Å². The summed E-state index contributed by atoms with van der Waals surface area (Å²) in [5.74, 6) is 0. The zero-order chi connectivity index (χ0) is 9.31. The van der Waals surface area contributed by atoms with Gasteiger partial charge in [0.05, 0.1) is 5.60 Å². The van der Waals surface area contributed by atoms with Crippen molar-refractivity contribution in [3.8, 4) is 0 Å². The van der Waals surface area contributed by atoms with Gasteiger partial charge < -0.3 is 10.0 Å². The van der Waals surface area contributed by atoms with E-state index in [0.29, 0.717) is 0 Å². The van der Waals surface area contributed by atoms with E-state index in [9.17, 15) is 5.11 Å². The molecule has 1 aromatic rings. The lowest BCUT2D eigenvalue weighted by atomic mass is 9.88. The zero-order valence-electron chi connectivity index (χ0n) is 7.90. The van der Waals surface area contributed by atoms with Crippen molar-refractivity contribution in [1.82, 2.24) is 4.90 Å². The second-order valence-corrected chi connectivity index (χ2v) is 4.06. The fourth-order valence-electron chi connectivity index (χ4n) is 2.05. The molecule has 1 aliphatic rings. The number of β-amino-alcohol motifs (C(OH)–C–C–N with tert-alkyl or cyclic N) is 1. The molecule has 1 N–H and O–H groups in total. The Balaban J connectivity index is 1.99. The van der Waals surface area contributed by atoms with Gasteiger partial charge in [0.25, 0.3) is 0 Å². The van der Waals surface area contributed by atoms with Gasteiger partial charge in [0.1, 0.15) is 0 Å². The molecule has 0 unspecified atom stereocenters. The van der Waals surface area contributed by atoms with Crippen LogP contribution in [0, 0.1) is 0 Å². The lowest BCUT2D eigenvalue weighted by Crippen LogP contribution is -2.61. The Labute approximate surface area is 78.8 Å². The number of hydrogen-bond donors (Lipinski definition) is 1. The van der Waals surface area contributed by atoms with Crippen molar-refractivity contribution in [3.63, 3.8) is 0 Å². The molecule has 0 atom stereocenters. The Morgan fingerprint density at radius 2 is 1.92 bits per heavy atom. The zero-order valence-corrected chi connectivity index (χ0v) is 7.90. The summed E-state index contributed by atoms with van der Waals surface area (Å²) in [6.45, 7) is 1.59. The summed E-state index contributed by atoms with van der Waals surface area (Å²) >= 11 is 0. The monoisotopic (exact) mass is 177 g/mol. The van der Waals surface area contributed by atoms with Gasteiger partial charge in [-0.25, -0.2) is 0 Å². The van der Waals surface area contributed by atoms with Crippen LogP contribution in [0.5, 0.6) is 0 Å². The summed E-state index contributed by atoms with van der Waals surface area (Å²) in [4.78, 5) is 2.13. The van der Waals surface area contributed by atoms with Gasteiger partial charge in [-0.1, -0.05) is 30.3 Å². The predicted octanol–water partition coefficient (Wildman–Crippen LogP) is 0.906. The average molecular weight is 177 g/mol. The van der Waals surface area contributed by atoms with E-state index < -0.39 is 5.60 Å². The maximum Gasteiger partial charge on any atom is 0.0939 e. The van der Waals surface area contributed by atoms with Crippen LogP contribution in [0.3, 0.4) is 0 Å². The third-order valence-corrected chi connectivity index (χ3v) is 2.50. The highest BCUT2D eigenvalue weighted by molar-refractivity contribution is 5.18. The summed E-state index contributed by atoms with van der Waals surface area (Å²) in [5, 5.41) is 9.99. The van der Waals surface area contributed by atoms with Crippen molar-refractivity contribution in [2.24, 2.45) is 0 Å². The second kappa shape index (κ2) is 3.13. The molecule has 2 rings (SSSR count).